The summed E-state index contributed by atoms with van der Waals surface area (Å²) < 4.78 is 14.9. The zero-order chi connectivity index (χ0) is 38.7. The topological polar surface area (TPSA) is 77.3 Å². The zero-order valence-electron chi connectivity index (χ0n) is 32.5. The van der Waals surface area contributed by atoms with Crippen LogP contribution >= 0.6 is 43.9 Å². The Bertz CT molecular complexity index is 1870. The van der Waals surface area contributed by atoms with E-state index in [1.807, 2.05) is 27.8 Å². The summed E-state index contributed by atoms with van der Waals surface area (Å²) >= 11 is 8.41. The van der Waals surface area contributed by atoms with E-state index in [0.29, 0.717) is 5.75 Å². The molecule has 0 radical (unpaired) electrons. The number of rotatable bonds is 13. The Hall–Kier alpha value is -2.67. The maximum absolute atomic E-state index is 13.7. The van der Waals surface area contributed by atoms with Gasteiger partial charge in [0.2, 0.25) is 5.69 Å². The Morgan fingerprint density at radius 3 is 2.38 bits per heavy atom. The van der Waals surface area contributed by atoms with Crippen molar-refractivity contribution in [3.8, 4) is 0 Å². The van der Waals surface area contributed by atoms with Crippen molar-refractivity contribution in [1.29, 1.82) is 0 Å². The summed E-state index contributed by atoms with van der Waals surface area (Å²) in [6.07, 6.45) is 13.1. The van der Waals surface area contributed by atoms with Crippen LogP contribution < -0.4 is 10.2 Å². The van der Waals surface area contributed by atoms with E-state index in [9.17, 15) is 10.1 Å². The number of carbonyl (C=O) groups is 1. The molecule has 2 aliphatic heterocycles. The highest BCUT2D eigenvalue weighted by atomic mass is 79.9. The lowest BCUT2D eigenvalue weighted by Crippen LogP contribution is -2.34. The van der Waals surface area contributed by atoms with Crippen LogP contribution in [-0.4, -0.2) is 52.8 Å². The highest BCUT2D eigenvalue weighted by Crippen LogP contribution is 2.49. The van der Waals surface area contributed by atoms with Crippen LogP contribution in [0, 0.1) is 0 Å². The minimum atomic E-state index is -0.631. The fraction of sp³-hybridized carbons (Fsp3) is 0.476. The number of hydrogen-bond donors (Lipinski definition) is 0. The maximum Gasteiger partial charge on any atom is 0.414 e. The molecule has 2 aromatic rings. The third-order valence-corrected chi connectivity index (χ3v) is 11.9. The van der Waals surface area contributed by atoms with Gasteiger partial charge in [0.05, 0.1) is 11.1 Å². The van der Waals surface area contributed by atoms with E-state index in [4.69, 9.17) is 4.74 Å². The van der Waals surface area contributed by atoms with Crippen molar-refractivity contribution in [3.63, 3.8) is 0 Å². The molecule has 3 aliphatic rings. The Balaban J connectivity index is 1.59. The fourth-order valence-corrected chi connectivity index (χ4v) is 8.75. The van der Waals surface area contributed by atoms with E-state index in [0.717, 1.165) is 94.4 Å². The lowest BCUT2D eigenvalue weighted by atomic mass is 9.81. The molecule has 2 aromatic carbocycles. The zero-order valence-corrected chi connectivity index (χ0v) is 36.5. The summed E-state index contributed by atoms with van der Waals surface area (Å²) in [4.78, 5) is 17.8. The summed E-state index contributed by atoms with van der Waals surface area (Å²) in [6.45, 7) is 18.7. The van der Waals surface area contributed by atoms with Crippen LogP contribution in [0.1, 0.15) is 98.6 Å². The average Bonchev–Trinajstić information content (AvgIpc) is 3.65. The lowest BCUT2D eigenvalue weighted by Gasteiger charge is -2.28. The Morgan fingerprint density at radius 1 is 1.00 bits per heavy atom. The minimum Gasteiger partial charge on any atom is -0.691 e. The largest absolute Gasteiger partial charge is 0.691 e. The van der Waals surface area contributed by atoms with Gasteiger partial charge in [0.25, 0.3) is 0 Å². The quantitative estimate of drug-likeness (QED) is 0.0652. The minimum absolute atomic E-state index is 0.197. The van der Waals surface area contributed by atoms with Crippen molar-refractivity contribution < 1.29 is 28.7 Å². The molecule has 5 rings (SSSR count). The Labute approximate surface area is 337 Å². The number of halogens is 2. The summed E-state index contributed by atoms with van der Waals surface area (Å²) in [5.74, 6) is 0.608. The first kappa shape index (κ1) is 41.5. The first-order valence-electron chi connectivity index (χ1n) is 18.4. The number of hydrogen-bond acceptors (Lipinski definition) is 7. The van der Waals surface area contributed by atoms with Crippen LogP contribution in [0.5, 0.6) is 0 Å². The maximum atomic E-state index is 13.7. The average molecular weight is 872 g/mol. The third-order valence-electron chi connectivity index (χ3n) is 10.3. The van der Waals surface area contributed by atoms with Gasteiger partial charge in [-0.25, -0.2) is 4.79 Å². The van der Waals surface area contributed by atoms with E-state index < -0.39 is 5.60 Å². The molecule has 0 saturated heterocycles. The van der Waals surface area contributed by atoms with Crippen molar-refractivity contribution in [3.05, 3.63) is 103 Å². The molecule has 0 spiro atoms. The molecule has 1 amide bonds. The summed E-state index contributed by atoms with van der Waals surface area (Å²) in [6, 6.07) is 13.0. The van der Waals surface area contributed by atoms with Crippen molar-refractivity contribution >= 4 is 67.1 Å². The van der Waals surface area contributed by atoms with Gasteiger partial charge in [-0.1, -0.05) is 71.2 Å². The Morgan fingerprint density at radius 2 is 1.70 bits per heavy atom. The summed E-state index contributed by atoms with van der Waals surface area (Å²) in [5, 5.41) is 13.9. The summed E-state index contributed by atoms with van der Waals surface area (Å²) in [5.41, 5.74) is 9.33. The van der Waals surface area contributed by atoms with Gasteiger partial charge < -0.3 is 14.9 Å². The number of amides is 1. The van der Waals surface area contributed by atoms with Gasteiger partial charge in [0.1, 0.15) is 12.1 Å². The lowest BCUT2D eigenvalue weighted by molar-refractivity contribution is -0.777. The van der Waals surface area contributed by atoms with Crippen LogP contribution in [0.4, 0.5) is 16.2 Å². The molecule has 0 saturated carbocycles. The van der Waals surface area contributed by atoms with Crippen LogP contribution in [0.15, 0.2) is 92.2 Å². The molecule has 0 atom stereocenters. The first-order chi connectivity index (χ1) is 25.0. The fourth-order valence-electron chi connectivity index (χ4n) is 7.68. The number of anilines is 1. The van der Waals surface area contributed by atoms with Crippen LogP contribution in [-0.2, 0) is 24.9 Å². The number of carbonyl (C=O) groups excluding carboxylic acids is 1. The second-order valence-electron chi connectivity index (χ2n) is 15.9. The molecule has 0 fully saturated rings. The molecule has 11 heteroatoms. The van der Waals surface area contributed by atoms with Crippen LogP contribution in [0.25, 0.3) is 0 Å². The van der Waals surface area contributed by atoms with E-state index in [1.54, 1.807) is 4.90 Å². The Kier molecular flexibility index (Phi) is 13.3. The number of likely N-dealkylation sites (N-methyl/N-ethyl adjacent to an activating group) is 1. The van der Waals surface area contributed by atoms with Gasteiger partial charge in [-0.15, -0.1) is 0 Å². The normalized spacial score (nSPS) is 19.3. The van der Waals surface area contributed by atoms with Crippen LogP contribution in [0.3, 0.4) is 0 Å². The van der Waals surface area contributed by atoms with Gasteiger partial charge in [-0.05, 0) is 107 Å². The monoisotopic (exact) mass is 869 g/mol. The second-order valence-corrected chi connectivity index (χ2v) is 18.5. The van der Waals surface area contributed by atoms with Gasteiger partial charge in [-0.2, -0.15) is 8.91 Å². The number of benzene rings is 2. The predicted octanol–water partition coefficient (Wildman–Crippen LogP) is 10.7. The van der Waals surface area contributed by atoms with Crippen molar-refractivity contribution in [2.75, 3.05) is 30.8 Å². The predicted molar refractivity (Wildman–Crippen MR) is 221 cm³/mol. The van der Waals surface area contributed by atoms with E-state index in [2.05, 4.69) is 146 Å². The highest BCUT2D eigenvalue weighted by Gasteiger charge is 2.44. The van der Waals surface area contributed by atoms with Gasteiger partial charge in [0.15, 0.2) is 5.71 Å². The number of unbranched alkanes of at least 4 members (excludes halogenated alkanes) is 1. The molecular formula is C42H53Br2N3O5S. The molecule has 286 valence electrons. The smallest absolute Gasteiger partial charge is 0.414 e. The number of allylic oxidation sites excluding steroid dienone is 7. The molecule has 1 aliphatic carbocycles. The molecule has 0 bridgehead atoms. The van der Waals surface area contributed by atoms with Gasteiger partial charge in [-0.3, -0.25) is 9.94 Å². The number of ether oxygens (including phenoxy) is 1. The molecule has 2 heterocycles. The van der Waals surface area contributed by atoms with Crippen molar-refractivity contribution in [1.82, 2.24) is 4.90 Å². The highest BCUT2D eigenvalue weighted by molar-refractivity contribution is 9.10. The molecule has 8 nitrogen and oxygen atoms in total. The van der Waals surface area contributed by atoms with E-state index in [-0.39, 0.29) is 16.9 Å². The molecule has 0 aromatic heterocycles. The van der Waals surface area contributed by atoms with E-state index >= 15 is 0 Å². The van der Waals surface area contributed by atoms with Crippen molar-refractivity contribution in [2.45, 2.75) is 104 Å². The SMILES string of the molecule is CCCCN1/C(=C/C=C2\CCC(/C=C/C3=[N+](CCCSOO[O-])c4ccc(Br)cc4C3(C)C)=C2N(C)C(=O)OC(C)(C)C)C(C)(C)c2cc(Br)ccc21. The summed E-state index contributed by atoms with van der Waals surface area (Å²) in [7, 11) is 1.82. The standard InChI is InChI=1S/C42H53Br2N3O5S/c1-10-11-23-46-34-19-17-30(43)26-32(34)41(5,6)36(46)21-15-28-13-14-29(38(28)45(9)39(48)50-40(2,3)4)16-22-37-42(7,8)33-27-31(44)18-20-35(33)47(37)24-12-25-53-52-51-49/h15-22,26-27H,10-14,23-25H2,1-9H3. The van der Waals surface area contributed by atoms with Gasteiger partial charge in [0, 0.05) is 81.3 Å². The first-order valence-corrected chi connectivity index (χ1v) is 20.9. The number of fused-ring (bicyclic) bond motifs is 2. The van der Waals surface area contributed by atoms with Crippen LogP contribution in [0.2, 0.25) is 0 Å². The molecule has 0 N–H and O–H groups in total. The molecule has 0 unspecified atom stereocenters. The second kappa shape index (κ2) is 17.0. The third kappa shape index (κ3) is 9.08. The number of nitrogens with zero attached hydrogens (tertiary/aromatic N) is 3. The molecular weight excluding hydrogens is 818 g/mol. The molecule has 53 heavy (non-hydrogen) atoms. The van der Waals surface area contributed by atoms with Gasteiger partial charge >= 0.3 is 6.09 Å². The van der Waals surface area contributed by atoms with E-state index in [1.165, 1.54) is 22.5 Å². The van der Waals surface area contributed by atoms with Crippen molar-refractivity contribution in [2.24, 2.45) is 0 Å².